The quantitative estimate of drug-likeness (QED) is 0.0870. The zero-order valence-electron chi connectivity index (χ0n) is 31.7. The van der Waals surface area contributed by atoms with Crippen molar-refractivity contribution in [3.63, 3.8) is 0 Å². The number of nitrogens with zero attached hydrogens (tertiary/aromatic N) is 2. The maximum absolute atomic E-state index is 15.1. The Bertz CT molecular complexity index is 1840. The summed E-state index contributed by atoms with van der Waals surface area (Å²) >= 11 is 1.02. The highest BCUT2D eigenvalue weighted by Crippen LogP contribution is 2.41. The Kier molecular flexibility index (Phi) is 17.5. The van der Waals surface area contributed by atoms with Gasteiger partial charge >= 0.3 is 11.9 Å². The van der Waals surface area contributed by atoms with Gasteiger partial charge in [-0.3, -0.25) is 24.0 Å². The second kappa shape index (κ2) is 21.7. The lowest BCUT2D eigenvalue weighted by Crippen LogP contribution is -2.45. The molecule has 0 unspecified atom stereocenters. The van der Waals surface area contributed by atoms with Gasteiger partial charge in [0.15, 0.2) is 0 Å². The molecule has 0 saturated carbocycles. The number of halogens is 2. The van der Waals surface area contributed by atoms with Crippen molar-refractivity contribution in [3.8, 4) is 11.1 Å². The van der Waals surface area contributed by atoms with Gasteiger partial charge in [0.2, 0.25) is 23.6 Å². The molecule has 1 aromatic heterocycles. The van der Waals surface area contributed by atoms with Gasteiger partial charge in [-0.2, -0.15) is 0 Å². The van der Waals surface area contributed by atoms with Gasteiger partial charge in [0.1, 0.15) is 17.7 Å². The molecule has 3 rings (SSSR count). The number of thioether (sulfide) groups is 1. The number of aromatic nitrogens is 1. The van der Waals surface area contributed by atoms with Crippen LogP contribution >= 0.6 is 11.8 Å². The van der Waals surface area contributed by atoms with E-state index in [9.17, 15) is 38.3 Å². The van der Waals surface area contributed by atoms with Gasteiger partial charge in [-0.05, 0) is 48.2 Å². The number of carbonyl (C=O) groups excluding carboxylic acids is 4. The molecule has 1 heterocycles. The van der Waals surface area contributed by atoms with E-state index >= 15 is 4.39 Å². The average molecular weight is 801 g/mol. The van der Waals surface area contributed by atoms with Gasteiger partial charge in [-0.1, -0.05) is 51.1 Å². The Morgan fingerprint density at radius 2 is 1.62 bits per heavy atom. The molecule has 0 aliphatic heterocycles. The number of carboxylic acids is 2. The largest absolute Gasteiger partial charge is 0.481 e. The first-order valence-corrected chi connectivity index (χ1v) is 19.2. The van der Waals surface area contributed by atoms with E-state index in [0.29, 0.717) is 24.2 Å². The highest BCUT2D eigenvalue weighted by molar-refractivity contribution is 8.00. The predicted octanol–water partition coefficient (Wildman–Crippen LogP) is 3.54. The van der Waals surface area contributed by atoms with Crippen LogP contribution in [0.5, 0.6) is 0 Å². The Morgan fingerprint density at radius 1 is 0.911 bits per heavy atom. The molecular formula is C39H50F2N6O8S. The molecule has 2 aromatic carbocycles. The van der Waals surface area contributed by atoms with E-state index in [0.717, 1.165) is 35.5 Å². The van der Waals surface area contributed by atoms with Crippen LogP contribution in [-0.2, 0) is 35.3 Å². The molecule has 0 radical (unpaired) electrons. The molecule has 0 aliphatic carbocycles. The van der Waals surface area contributed by atoms with Crippen molar-refractivity contribution < 1.29 is 47.8 Å². The van der Waals surface area contributed by atoms with Crippen molar-refractivity contribution in [2.45, 2.75) is 65.1 Å². The van der Waals surface area contributed by atoms with Crippen LogP contribution in [0.4, 0.5) is 8.78 Å². The number of benzene rings is 2. The SMILES string of the molecule is CC(C)(C)[C@H](c1cc(-c2cc(F)ccc2F)cn1Cc1ccccc1)N(CCCN)C(=O)CSC[C@H](NC(=O)CCNC(=O)CNC(=O)CCC(=O)O)C(=O)O. The van der Waals surface area contributed by atoms with Crippen LogP contribution in [0, 0.1) is 17.0 Å². The van der Waals surface area contributed by atoms with E-state index in [1.54, 1.807) is 17.2 Å². The number of hydrogen-bond acceptors (Lipinski definition) is 8. The summed E-state index contributed by atoms with van der Waals surface area (Å²) in [5.41, 5.74) is 7.44. The summed E-state index contributed by atoms with van der Waals surface area (Å²) in [5.74, 6) is -6.21. The minimum Gasteiger partial charge on any atom is -0.481 e. The highest BCUT2D eigenvalue weighted by Gasteiger charge is 2.37. The van der Waals surface area contributed by atoms with Crippen molar-refractivity contribution in [2.24, 2.45) is 11.1 Å². The number of carbonyl (C=O) groups is 6. The van der Waals surface area contributed by atoms with E-state index < -0.39 is 65.3 Å². The molecular weight excluding hydrogens is 751 g/mol. The Morgan fingerprint density at radius 3 is 2.27 bits per heavy atom. The van der Waals surface area contributed by atoms with Crippen molar-refractivity contribution >= 4 is 47.3 Å². The van der Waals surface area contributed by atoms with Gasteiger partial charge in [0, 0.05) is 61.2 Å². The summed E-state index contributed by atoms with van der Waals surface area (Å²) in [6.07, 6.45) is 1.25. The van der Waals surface area contributed by atoms with Crippen LogP contribution in [0.3, 0.4) is 0 Å². The summed E-state index contributed by atoms with van der Waals surface area (Å²) in [5, 5.41) is 25.5. The normalized spacial score (nSPS) is 12.3. The van der Waals surface area contributed by atoms with E-state index in [1.165, 1.54) is 0 Å². The third-order valence-corrected chi connectivity index (χ3v) is 9.55. The molecule has 3 aromatic rings. The second-order valence-corrected chi connectivity index (χ2v) is 15.2. The minimum absolute atomic E-state index is 0.0729. The zero-order valence-corrected chi connectivity index (χ0v) is 32.5. The molecule has 14 nitrogen and oxygen atoms in total. The fourth-order valence-electron chi connectivity index (χ4n) is 5.93. The first kappa shape index (κ1) is 45.1. The predicted molar refractivity (Wildman–Crippen MR) is 207 cm³/mol. The molecule has 17 heteroatoms. The Labute approximate surface area is 328 Å². The van der Waals surface area contributed by atoms with Gasteiger partial charge in [0.25, 0.3) is 0 Å². The van der Waals surface area contributed by atoms with Crippen molar-refractivity contribution in [3.05, 3.63) is 83.7 Å². The van der Waals surface area contributed by atoms with Crippen molar-refractivity contribution in [1.82, 2.24) is 25.4 Å². The molecule has 7 N–H and O–H groups in total. The summed E-state index contributed by atoms with van der Waals surface area (Å²) < 4.78 is 31.3. The number of hydrogen-bond donors (Lipinski definition) is 6. The lowest BCUT2D eigenvalue weighted by molar-refractivity contribution is -0.141. The first-order chi connectivity index (χ1) is 26.5. The van der Waals surface area contributed by atoms with E-state index in [-0.39, 0.29) is 61.9 Å². The maximum Gasteiger partial charge on any atom is 0.327 e. The van der Waals surface area contributed by atoms with Crippen LogP contribution in [0.1, 0.15) is 63.8 Å². The molecule has 56 heavy (non-hydrogen) atoms. The van der Waals surface area contributed by atoms with Crippen LogP contribution in [-0.4, -0.2) is 99.0 Å². The van der Waals surface area contributed by atoms with Gasteiger partial charge < -0.3 is 41.4 Å². The van der Waals surface area contributed by atoms with Crippen LogP contribution in [0.25, 0.3) is 11.1 Å². The number of amides is 4. The molecule has 0 saturated heterocycles. The molecule has 0 spiro atoms. The zero-order chi connectivity index (χ0) is 41.4. The highest BCUT2D eigenvalue weighted by atomic mass is 32.2. The number of aliphatic carboxylic acids is 2. The molecule has 2 atom stereocenters. The van der Waals surface area contributed by atoms with Crippen molar-refractivity contribution in [1.29, 1.82) is 0 Å². The molecule has 4 amide bonds. The first-order valence-electron chi connectivity index (χ1n) is 18.0. The number of carboxylic acid groups (broad SMARTS) is 2. The topological polar surface area (TPSA) is 213 Å². The summed E-state index contributed by atoms with van der Waals surface area (Å²) in [6, 6.07) is 12.6. The van der Waals surface area contributed by atoms with Gasteiger partial charge in [0.05, 0.1) is 24.8 Å². The van der Waals surface area contributed by atoms with Crippen LogP contribution in [0.15, 0.2) is 60.8 Å². The number of nitrogens with one attached hydrogen (secondary N) is 3. The molecule has 0 fully saturated rings. The lowest BCUT2D eigenvalue weighted by atomic mass is 9.83. The number of nitrogens with two attached hydrogens (primary N) is 1. The summed E-state index contributed by atoms with van der Waals surface area (Å²) in [4.78, 5) is 74.5. The van der Waals surface area contributed by atoms with Crippen LogP contribution in [0.2, 0.25) is 0 Å². The van der Waals surface area contributed by atoms with Gasteiger partial charge in [-0.25, -0.2) is 13.6 Å². The fraction of sp³-hybridized carbons (Fsp3) is 0.436. The average Bonchev–Trinajstić information content (AvgIpc) is 3.53. The van der Waals surface area contributed by atoms with Gasteiger partial charge in [-0.15, -0.1) is 11.8 Å². The summed E-state index contributed by atoms with van der Waals surface area (Å²) in [6.45, 7) is 6.24. The standard InChI is InChI=1S/C39H50F2N6O8S/c1-39(2,3)37(31-18-26(28-19-27(40)10-11-29(28)41)22-46(31)21-25-8-5-4-6-9-25)47(17-7-15-42)35(51)24-56-23-30(38(54)55)45-33(49)14-16-43-34(50)20-44-32(48)12-13-36(52)53/h4-6,8-11,18-19,22,30,37H,7,12-17,20-21,23-24,42H2,1-3H3,(H,43,50)(H,44,48)(H,45,49)(H,52,53)(H,54,55)/t30-,37-/m0/s1. The fourth-order valence-corrected chi connectivity index (χ4v) is 6.84. The van der Waals surface area contributed by atoms with E-state index in [1.807, 2.05) is 55.7 Å². The lowest BCUT2D eigenvalue weighted by Gasteiger charge is -2.41. The second-order valence-electron chi connectivity index (χ2n) is 14.1. The Balaban J connectivity index is 1.74. The third-order valence-electron chi connectivity index (χ3n) is 8.53. The Hall–Kier alpha value is -5.29. The van der Waals surface area contributed by atoms with E-state index in [2.05, 4.69) is 16.0 Å². The third kappa shape index (κ3) is 14.4. The monoisotopic (exact) mass is 800 g/mol. The van der Waals surface area contributed by atoms with Crippen LogP contribution < -0.4 is 21.7 Å². The number of rotatable bonds is 22. The smallest absolute Gasteiger partial charge is 0.327 e. The maximum atomic E-state index is 15.1. The van der Waals surface area contributed by atoms with Crippen molar-refractivity contribution in [2.75, 3.05) is 37.7 Å². The molecule has 0 bridgehead atoms. The molecule has 304 valence electrons. The minimum atomic E-state index is -1.35. The summed E-state index contributed by atoms with van der Waals surface area (Å²) in [7, 11) is 0. The van der Waals surface area contributed by atoms with E-state index in [4.69, 9.17) is 10.8 Å². The molecule has 0 aliphatic rings.